The molecule has 6 unspecified atom stereocenters. The fourth-order valence-corrected chi connectivity index (χ4v) is 7.39. The van der Waals surface area contributed by atoms with E-state index in [1.807, 2.05) is 66.7 Å². The number of hydrogen-bond acceptors (Lipinski definition) is 6. The Morgan fingerprint density at radius 1 is 0.913 bits per heavy atom. The van der Waals surface area contributed by atoms with Crippen LogP contribution in [0.4, 0.5) is 10.1 Å². The van der Waals surface area contributed by atoms with Gasteiger partial charge in [-0.3, -0.25) is 0 Å². The topological polar surface area (TPSA) is 93.4 Å². The first kappa shape index (κ1) is 32.3. The van der Waals surface area contributed by atoms with Crippen molar-refractivity contribution in [1.29, 1.82) is 0 Å². The van der Waals surface area contributed by atoms with E-state index in [1.54, 1.807) is 18.2 Å². The summed E-state index contributed by atoms with van der Waals surface area (Å²) in [7, 11) is 0. The van der Waals surface area contributed by atoms with Crippen LogP contribution in [0.2, 0.25) is 0 Å². The Balaban J connectivity index is 1.21. The first-order valence-corrected chi connectivity index (χ1v) is 16.4. The standard InChI is InChI=1S/C38H40FNO5S/c39-29-16-13-25(14-17-29)34(43)8-4-5-28-20-37(46)40(30-6-2-1-3-7-30)38(28)33-18-15-27(19-35(33)44)24-9-11-26(12-10-24)36-22-31(42)21-32(23-41)45-36/h1-3,6-7,9-19,28,31-32,34,36,38,41-44H,4-5,8,20-23H2. The number of halogens is 1. The summed E-state index contributed by atoms with van der Waals surface area (Å²) >= 11 is 5.92. The lowest BCUT2D eigenvalue weighted by atomic mass is 9.87. The molecule has 2 heterocycles. The van der Waals surface area contributed by atoms with Crippen LogP contribution in [0.1, 0.15) is 73.5 Å². The highest BCUT2D eigenvalue weighted by atomic mass is 32.1. The molecule has 2 aliphatic rings. The molecule has 4 N–H and O–H groups in total. The number of para-hydroxylation sites is 1. The largest absolute Gasteiger partial charge is 0.508 e. The lowest BCUT2D eigenvalue weighted by Crippen LogP contribution is -2.33. The molecule has 6 rings (SSSR count). The summed E-state index contributed by atoms with van der Waals surface area (Å²) in [6.07, 6.45) is 1.85. The number of hydrogen-bond donors (Lipinski definition) is 4. The minimum atomic E-state index is -0.678. The molecular formula is C38H40FNO5S. The molecule has 6 nitrogen and oxygen atoms in total. The number of aliphatic hydroxyl groups excluding tert-OH is 3. The van der Waals surface area contributed by atoms with Gasteiger partial charge in [0.2, 0.25) is 0 Å². The Morgan fingerprint density at radius 2 is 1.63 bits per heavy atom. The molecule has 4 aromatic carbocycles. The highest BCUT2D eigenvalue weighted by Crippen LogP contribution is 2.47. The van der Waals surface area contributed by atoms with Gasteiger partial charge in [0, 0.05) is 30.5 Å². The summed E-state index contributed by atoms with van der Waals surface area (Å²) in [5.41, 5.74) is 5.22. The van der Waals surface area contributed by atoms with Gasteiger partial charge in [-0.2, -0.15) is 0 Å². The third kappa shape index (κ3) is 7.17. The maximum absolute atomic E-state index is 13.4. The summed E-state index contributed by atoms with van der Waals surface area (Å²) in [4.78, 5) is 2.97. The molecule has 240 valence electrons. The van der Waals surface area contributed by atoms with Crippen LogP contribution in [0, 0.1) is 11.7 Å². The summed E-state index contributed by atoms with van der Waals surface area (Å²) in [6.45, 7) is -0.122. The van der Waals surface area contributed by atoms with Gasteiger partial charge in [-0.05, 0) is 71.3 Å². The van der Waals surface area contributed by atoms with Crippen LogP contribution < -0.4 is 4.90 Å². The summed E-state index contributed by atoms with van der Waals surface area (Å²) in [5, 5.41) is 42.0. The van der Waals surface area contributed by atoms with E-state index in [9.17, 15) is 24.8 Å². The van der Waals surface area contributed by atoms with Gasteiger partial charge >= 0.3 is 0 Å². The Labute approximate surface area is 274 Å². The molecule has 0 aromatic heterocycles. The maximum atomic E-state index is 13.4. The zero-order chi connectivity index (χ0) is 32.2. The van der Waals surface area contributed by atoms with Crippen LogP contribution in [0.15, 0.2) is 97.1 Å². The first-order chi connectivity index (χ1) is 22.3. The average Bonchev–Trinajstić information content (AvgIpc) is 3.40. The molecule has 2 saturated heterocycles. The summed E-state index contributed by atoms with van der Waals surface area (Å²) in [6, 6.07) is 29.5. The molecule has 0 aliphatic carbocycles. The Morgan fingerprint density at radius 3 is 2.33 bits per heavy atom. The van der Waals surface area contributed by atoms with E-state index in [0.717, 1.165) is 45.8 Å². The monoisotopic (exact) mass is 641 g/mol. The van der Waals surface area contributed by atoms with Gasteiger partial charge in [-0.1, -0.05) is 85.4 Å². The van der Waals surface area contributed by atoms with Crippen molar-refractivity contribution in [2.45, 2.75) is 69.0 Å². The van der Waals surface area contributed by atoms with E-state index in [2.05, 4.69) is 4.90 Å². The van der Waals surface area contributed by atoms with E-state index in [4.69, 9.17) is 17.0 Å². The van der Waals surface area contributed by atoms with Crippen LogP contribution in [-0.2, 0) is 4.74 Å². The fourth-order valence-electron chi connectivity index (χ4n) is 6.96. The van der Waals surface area contributed by atoms with Crippen molar-refractivity contribution in [3.63, 3.8) is 0 Å². The number of phenolic OH excluding ortho intramolecular Hbond substituents is 1. The Hall–Kier alpha value is -3.66. The molecule has 2 fully saturated rings. The molecule has 0 saturated carbocycles. The molecule has 0 radical (unpaired) electrons. The lowest BCUT2D eigenvalue weighted by molar-refractivity contribution is -0.113. The summed E-state index contributed by atoms with van der Waals surface area (Å²) in [5.74, 6) is -0.00958. The maximum Gasteiger partial charge on any atom is 0.123 e. The second kappa shape index (κ2) is 14.4. The molecule has 4 aromatic rings. The SMILES string of the molecule is OCC1CC(O)CC(c2ccc(-c3ccc(C4C(CCCC(O)c5ccc(F)cc5)CC(=S)N4c4ccccc4)c(O)c3)cc2)O1. The second-order valence-electron chi connectivity index (χ2n) is 12.5. The zero-order valence-corrected chi connectivity index (χ0v) is 26.4. The quantitative estimate of drug-likeness (QED) is 0.133. The van der Waals surface area contributed by atoms with E-state index >= 15 is 0 Å². The van der Waals surface area contributed by atoms with Gasteiger partial charge in [-0.15, -0.1) is 0 Å². The van der Waals surface area contributed by atoms with Gasteiger partial charge in [0.05, 0.1) is 42.1 Å². The van der Waals surface area contributed by atoms with Crippen LogP contribution in [0.3, 0.4) is 0 Å². The number of aliphatic hydroxyl groups is 3. The predicted octanol–water partition coefficient (Wildman–Crippen LogP) is 7.57. The normalized spacial score (nSPS) is 23.9. The molecule has 46 heavy (non-hydrogen) atoms. The lowest BCUT2D eigenvalue weighted by Gasteiger charge is -2.32. The first-order valence-electron chi connectivity index (χ1n) is 16.0. The van der Waals surface area contributed by atoms with Gasteiger partial charge in [0.25, 0.3) is 0 Å². The molecule has 0 bridgehead atoms. The molecule has 0 spiro atoms. The fraction of sp³-hybridized carbons (Fsp3) is 0.342. The van der Waals surface area contributed by atoms with Gasteiger partial charge in [0.15, 0.2) is 0 Å². The highest BCUT2D eigenvalue weighted by molar-refractivity contribution is 7.80. The highest BCUT2D eigenvalue weighted by Gasteiger charge is 2.40. The molecule has 2 aliphatic heterocycles. The number of benzene rings is 4. The van der Waals surface area contributed by atoms with Gasteiger partial charge in [-0.25, -0.2) is 4.39 Å². The second-order valence-corrected chi connectivity index (χ2v) is 12.9. The van der Waals surface area contributed by atoms with Crippen molar-refractivity contribution in [2.75, 3.05) is 11.5 Å². The van der Waals surface area contributed by atoms with Crippen LogP contribution in [-0.4, -0.2) is 44.2 Å². The Kier molecular flexibility index (Phi) is 10.1. The minimum Gasteiger partial charge on any atom is -0.508 e. The predicted molar refractivity (Wildman–Crippen MR) is 181 cm³/mol. The third-order valence-corrected chi connectivity index (χ3v) is 9.68. The molecule has 6 atom stereocenters. The van der Waals surface area contributed by atoms with Crippen LogP contribution in [0.5, 0.6) is 5.75 Å². The smallest absolute Gasteiger partial charge is 0.123 e. The number of thiocarbonyl (C=S) groups is 1. The van der Waals surface area contributed by atoms with Crippen LogP contribution in [0.25, 0.3) is 11.1 Å². The molecule has 8 heteroatoms. The van der Waals surface area contributed by atoms with E-state index in [1.165, 1.54) is 12.1 Å². The average molecular weight is 642 g/mol. The number of ether oxygens (including phenoxy) is 1. The van der Waals surface area contributed by atoms with Gasteiger partial charge in [0.1, 0.15) is 11.6 Å². The van der Waals surface area contributed by atoms with Crippen molar-refractivity contribution in [1.82, 2.24) is 0 Å². The number of anilines is 1. The molecular weight excluding hydrogens is 601 g/mol. The number of phenols is 1. The zero-order valence-electron chi connectivity index (χ0n) is 25.6. The number of aromatic hydroxyl groups is 1. The van der Waals surface area contributed by atoms with E-state index in [0.29, 0.717) is 31.2 Å². The van der Waals surface area contributed by atoms with E-state index in [-0.39, 0.29) is 42.3 Å². The summed E-state index contributed by atoms with van der Waals surface area (Å²) < 4.78 is 19.3. The Bertz CT molecular complexity index is 1620. The minimum absolute atomic E-state index is 0.122. The molecule has 0 amide bonds. The van der Waals surface area contributed by atoms with Crippen LogP contribution >= 0.6 is 12.2 Å². The van der Waals surface area contributed by atoms with Crippen molar-refractivity contribution >= 4 is 22.9 Å². The van der Waals surface area contributed by atoms with Crippen molar-refractivity contribution in [3.8, 4) is 16.9 Å². The number of nitrogens with zero attached hydrogens (tertiary/aromatic N) is 1. The number of rotatable bonds is 10. The van der Waals surface area contributed by atoms with Crippen molar-refractivity contribution in [2.24, 2.45) is 5.92 Å². The van der Waals surface area contributed by atoms with Gasteiger partial charge < -0.3 is 30.1 Å². The van der Waals surface area contributed by atoms with Crippen molar-refractivity contribution < 1.29 is 29.6 Å². The van der Waals surface area contributed by atoms with E-state index < -0.39 is 12.2 Å². The van der Waals surface area contributed by atoms with Crippen molar-refractivity contribution in [3.05, 3.63) is 120 Å². The third-order valence-electron chi connectivity index (χ3n) is 9.32.